The van der Waals surface area contributed by atoms with Crippen molar-refractivity contribution in [2.24, 2.45) is 0 Å². The molecule has 0 saturated carbocycles. The Labute approximate surface area is 355 Å². The number of carbonyl (C=O) groups excluding carboxylic acids is 1. The van der Waals surface area contributed by atoms with Crippen LogP contribution in [0.1, 0.15) is 40.9 Å². The van der Waals surface area contributed by atoms with E-state index in [2.05, 4.69) is 205 Å². The van der Waals surface area contributed by atoms with Crippen molar-refractivity contribution >= 4 is 44.7 Å². The third-order valence-electron chi connectivity index (χ3n) is 13.2. The van der Waals surface area contributed by atoms with Crippen molar-refractivity contribution in [3.63, 3.8) is 0 Å². The number of carbonyl (C=O) groups is 1. The van der Waals surface area contributed by atoms with E-state index < -0.39 is 0 Å². The molecule has 0 saturated heterocycles. The van der Waals surface area contributed by atoms with Gasteiger partial charge in [-0.3, -0.25) is 4.79 Å². The summed E-state index contributed by atoms with van der Waals surface area (Å²) in [6, 6.07) is 73.7. The molecule has 0 spiro atoms. The minimum atomic E-state index is -0.134. The van der Waals surface area contributed by atoms with Gasteiger partial charge in [-0.25, -0.2) is 0 Å². The first-order valence-corrected chi connectivity index (χ1v) is 21.1. The molecule has 3 nitrogen and oxygen atoms in total. The number of hydrogen-bond donors (Lipinski definition) is 0. The van der Waals surface area contributed by atoms with Gasteiger partial charge in [0.15, 0.2) is 5.78 Å². The van der Waals surface area contributed by atoms with Gasteiger partial charge in [0, 0.05) is 50.1 Å². The fraction of sp³-hybridized carbons (Fsp3) is 0.0517. The van der Waals surface area contributed by atoms with Crippen LogP contribution in [0.2, 0.25) is 0 Å². The van der Waals surface area contributed by atoms with Gasteiger partial charge in [0.1, 0.15) is 0 Å². The maximum Gasteiger partial charge on any atom is 0.194 e. The highest BCUT2D eigenvalue weighted by Gasteiger charge is 2.36. The molecule has 10 aromatic rings. The lowest BCUT2D eigenvalue weighted by molar-refractivity contribution is 0.104. The Morgan fingerprint density at radius 2 is 0.885 bits per heavy atom. The third kappa shape index (κ3) is 5.34. The molecular formula is C58H40N2O. The molecule has 1 aromatic heterocycles. The van der Waals surface area contributed by atoms with Crippen LogP contribution in [0.15, 0.2) is 206 Å². The second kappa shape index (κ2) is 13.4. The van der Waals surface area contributed by atoms with E-state index in [-0.39, 0.29) is 11.2 Å². The monoisotopic (exact) mass is 780 g/mol. The van der Waals surface area contributed by atoms with Crippen LogP contribution in [-0.2, 0) is 5.41 Å². The fourth-order valence-electron chi connectivity index (χ4n) is 10.2. The van der Waals surface area contributed by atoms with E-state index in [0.717, 1.165) is 67.3 Å². The summed E-state index contributed by atoms with van der Waals surface area (Å²) < 4.78 is 2.36. The average Bonchev–Trinajstić information content (AvgIpc) is 3.89. The molecule has 0 N–H and O–H groups in total. The molecule has 61 heavy (non-hydrogen) atoms. The lowest BCUT2D eigenvalue weighted by Crippen LogP contribution is -2.16. The molecule has 0 radical (unpaired) electrons. The molecule has 3 heteroatoms. The van der Waals surface area contributed by atoms with Gasteiger partial charge in [0.2, 0.25) is 0 Å². The van der Waals surface area contributed by atoms with Crippen LogP contribution >= 0.6 is 0 Å². The summed E-state index contributed by atoms with van der Waals surface area (Å²) in [7, 11) is 0. The molecule has 2 aliphatic rings. The van der Waals surface area contributed by atoms with Gasteiger partial charge in [0.25, 0.3) is 0 Å². The first-order chi connectivity index (χ1) is 29.9. The Kier molecular flexibility index (Phi) is 7.73. The quantitative estimate of drug-likeness (QED) is 0.168. The molecular weight excluding hydrogens is 741 g/mol. The van der Waals surface area contributed by atoms with E-state index in [1.54, 1.807) is 0 Å². The summed E-state index contributed by atoms with van der Waals surface area (Å²) in [6.45, 7) is 4.67. The van der Waals surface area contributed by atoms with E-state index >= 15 is 0 Å². The number of nitrogens with zero attached hydrogens (tertiary/aromatic N) is 2. The van der Waals surface area contributed by atoms with Crippen LogP contribution in [0.4, 0.5) is 17.1 Å². The number of hydrogen-bond acceptors (Lipinski definition) is 2. The summed E-state index contributed by atoms with van der Waals surface area (Å²) in [5.41, 5.74) is 19.8. The SMILES string of the molecule is CC1(C)c2ccccc2-c2ccc(N(c3ccc(-c4ccc(-n5c6ccccc6c6ccccc65)cc4)cc3)c3ccc(-c4cccc5c4C(=O)c4ccccc4-5)cc3)cc21. The number of fused-ring (bicyclic) bond motifs is 9. The Morgan fingerprint density at radius 1 is 0.393 bits per heavy atom. The zero-order chi connectivity index (χ0) is 40.8. The molecule has 0 aliphatic heterocycles. The van der Waals surface area contributed by atoms with Crippen molar-refractivity contribution < 1.29 is 4.79 Å². The summed E-state index contributed by atoms with van der Waals surface area (Å²) in [5.74, 6) is 0.0927. The van der Waals surface area contributed by atoms with Gasteiger partial charge in [-0.15, -0.1) is 0 Å². The lowest BCUT2D eigenvalue weighted by Gasteiger charge is -2.28. The van der Waals surface area contributed by atoms with Gasteiger partial charge in [-0.05, 0) is 116 Å². The molecule has 0 fully saturated rings. The van der Waals surface area contributed by atoms with Gasteiger partial charge in [-0.1, -0.05) is 159 Å². The van der Waals surface area contributed by atoms with Crippen molar-refractivity contribution in [2.45, 2.75) is 19.3 Å². The second-order valence-corrected chi connectivity index (χ2v) is 16.8. The molecule has 288 valence electrons. The number of benzene rings is 9. The Bertz CT molecular complexity index is 3330. The van der Waals surface area contributed by atoms with Crippen molar-refractivity contribution in [3.8, 4) is 50.2 Å². The predicted octanol–water partition coefficient (Wildman–Crippen LogP) is 15.1. The highest BCUT2D eigenvalue weighted by Crippen LogP contribution is 2.51. The van der Waals surface area contributed by atoms with Crippen molar-refractivity contribution in [1.82, 2.24) is 4.57 Å². The number of anilines is 3. The maximum atomic E-state index is 13.7. The summed E-state index contributed by atoms with van der Waals surface area (Å²) in [4.78, 5) is 16.1. The fourth-order valence-corrected chi connectivity index (χ4v) is 10.2. The third-order valence-corrected chi connectivity index (χ3v) is 13.2. The van der Waals surface area contributed by atoms with Gasteiger partial charge in [0.05, 0.1) is 11.0 Å². The van der Waals surface area contributed by atoms with Gasteiger partial charge in [-0.2, -0.15) is 0 Å². The molecule has 12 rings (SSSR count). The van der Waals surface area contributed by atoms with E-state index in [0.29, 0.717) is 0 Å². The molecule has 0 bridgehead atoms. The molecule has 0 amide bonds. The first kappa shape index (κ1) is 35.2. The number of rotatable bonds is 6. The van der Waals surface area contributed by atoms with E-state index in [4.69, 9.17) is 0 Å². The normalized spacial score (nSPS) is 13.2. The van der Waals surface area contributed by atoms with Crippen LogP contribution in [-0.4, -0.2) is 10.4 Å². The summed E-state index contributed by atoms with van der Waals surface area (Å²) >= 11 is 0. The van der Waals surface area contributed by atoms with Crippen LogP contribution in [0.25, 0.3) is 72.0 Å². The van der Waals surface area contributed by atoms with E-state index in [1.165, 1.54) is 44.1 Å². The topological polar surface area (TPSA) is 25.2 Å². The summed E-state index contributed by atoms with van der Waals surface area (Å²) in [6.07, 6.45) is 0. The second-order valence-electron chi connectivity index (χ2n) is 16.8. The standard InChI is InChI=1S/C58H40N2O/c1-58(2)52-19-8-5-13-46(52)47-35-34-43(36-53(47)58)59(41-32-26-39(27-33-41)44-17-11-18-50-45-12-3-4-16-51(45)57(61)56(44)50)40-28-22-37(23-29-40)38-24-30-42(31-25-38)60-54-20-9-6-14-48(54)49-15-7-10-21-55(49)60/h3-36H,1-2H3. The highest BCUT2D eigenvalue weighted by atomic mass is 16.1. The Balaban J connectivity index is 0.926. The molecule has 0 unspecified atom stereocenters. The van der Waals surface area contributed by atoms with Crippen LogP contribution in [0, 0.1) is 0 Å². The number of ketones is 1. The first-order valence-electron chi connectivity index (χ1n) is 21.1. The van der Waals surface area contributed by atoms with Gasteiger partial charge < -0.3 is 9.47 Å². The lowest BCUT2D eigenvalue weighted by atomic mass is 9.82. The molecule has 1 heterocycles. The summed E-state index contributed by atoms with van der Waals surface area (Å²) in [5, 5.41) is 2.52. The van der Waals surface area contributed by atoms with Gasteiger partial charge >= 0.3 is 0 Å². The number of aromatic nitrogens is 1. The van der Waals surface area contributed by atoms with Crippen LogP contribution < -0.4 is 4.90 Å². The van der Waals surface area contributed by atoms with Crippen LogP contribution in [0.3, 0.4) is 0 Å². The predicted molar refractivity (Wildman–Crippen MR) is 253 cm³/mol. The Morgan fingerprint density at radius 3 is 1.56 bits per heavy atom. The molecule has 2 aliphatic carbocycles. The largest absolute Gasteiger partial charge is 0.310 e. The molecule has 0 atom stereocenters. The minimum absolute atomic E-state index is 0.0927. The van der Waals surface area contributed by atoms with Crippen molar-refractivity contribution in [1.29, 1.82) is 0 Å². The number of para-hydroxylation sites is 2. The average molecular weight is 781 g/mol. The van der Waals surface area contributed by atoms with E-state index in [9.17, 15) is 4.79 Å². The minimum Gasteiger partial charge on any atom is -0.310 e. The maximum absolute atomic E-state index is 13.7. The Hall–Kier alpha value is -7.75. The van der Waals surface area contributed by atoms with Crippen LogP contribution in [0.5, 0.6) is 0 Å². The zero-order valence-electron chi connectivity index (χ0n) is 33.9. The zero-order valence-corrected chi connectivity index (χ0v) is 33.9. The van der Waals surface area contributed by atoms with Crippen molar-refractivity contribution in [2.75, 3.05) is 4.90 Å². The molecule has 9 aromatic carbocycles. The smallest absolute Gasteiger partial charge is 0.194 e. The highest BCUT2D eigenvalue weighted by molar-refractivity contribution is 6.24. The van der Waals surface area contributed by atoms with E-state index in [1.807, 2.05) is 24.3 Å². The van der Waals surface area contributed by atoms with Crippen molar-refractivity contribution in [3.05, 3.63) is 229 Å².